The molecule has 3 N–H and O–H groups in total. The van der Waals surface area contributed by atoms with E-state index in [1.165, 1.54) is 4.68 Å². The Morgan fingerprint density at radius 1 is 1.31 bits per heavy atom. The lowest BCUT2D eigenvalue weighted by Crippen LogP contribution is -2.20. The second kappa shape index (κ2) is 8.05. The van der Waals surface area contributed by atoms with Gasteiger partial charge in [-0.05, 0) is 42.4 Å². The molecule has 0 fully saturated rings. The summed E-state index contributed by atoms with van der Waals surface area (Å²) in [4.78, 5) is 12.8. The van der Waals surface area contributed by atoms with Crippen molar-refractivity contribution in [2.45, 2.75) is 26.2 Å². The third-order valence-electron chi connectivity index (χ3n) is 4.67. The van der Waals surface area contributed by atoms with E-state index in [4.69, 9.17) is 5.73 Å². The van der Waals surface area contributed by atoms with Crippen LogP contribution in [0.4, 0.5) is 5.82 Å². The van der Waals surface area contributed by atoms with Gasteiger partial charge in [0.15, 0.2) is 5.69 Å². The van der Waals surface area contributed by atoms with Gasteiger partial charge in [-0.15, -0.1) is 5.10 Å². The minimum absolute atomic E-state index is 0.0404. The molecule has 3 aromatic rings. The highest BCUT2D eigenvalue weighted by molar-refractivity contribution is 5.98. The number of hydrogen-bond donors (Lipinski definition) is 2. The molecule has 0 aliphatic heterocycles. The van der Waals surface area contributed by atoms with Crippen molar-refractivity contribution >= 4 is 17.9 Å². The quantitative estimate of drug-likeness (QED) is 0.386. The van der Waals surface area contributed by atoms with Crippen LogP contribution in [0.25, 0.3) is 17.1 Å². The number of nitrogen functional groups attached to an aromatic ring is 1. The van der Waals surface area contributed by atoms with Crippen molar-refractivity contribution in [1.82, 2.24) is 30.7 Å². The summed E-state index contributed by atoms with van der Waals surface area (Å²) < 4.78 is 6.00. The second-order valence-corrected chi connectivity index (χ2v) is 6.80. The molecule has 148 valence electrons. The number of rotatable bonds is 5. The van der Waals surface area contributed by atoms with E-state index in [9.17, 15) is 4.79 Å². The summed E-state index contributed by atoms with van der Waals surface area (Å²) in [7, 11) is 0. The first-order chi connectivity index (χ1) is 14.1. The van der Waals surface area contributed by atoms with Gasteiger partial charge in [0.25, 0.3) is 5.91 Å². The van der Waals surface area contributed by atoms with Gasteiger partial charge in [-0.3, -0.25) is 4.79 Å². The van der Waals surface area contributed by atoms with E-state index in [-0.39, 0.29) is 17.3 Å². The fourth-order valence-electron chi connectivity index (χ4n) is 3.10. The number of carbonyl (C=O) groups is 1. The topological polar surface area (TPSA) is 137 Å². The highest BCUT2D eigenvalue weighted by atomic mass is 16.6. The summed E-state index contributed by atoms with van der Waals surface area (Å²) in [5, 5.41) is 19.5. The molecular formula is C19H20N8O2. The number of nitrogens with two attached hydrogens (primary N) is 1. The van der Waals surface area contributed by atoms with E-state index >= 15 is 0 Å². The Morgan fingerprint density at radius 2 is 2.14 bits per heavy atom. The number of amides is 1. The van der Waals surface area contributed by atoms with Gasteiger partial charge in [0.2, 0.25) is 11.6 Å². The molecule has 10 nitrogen and oxygen atoms in total. The fraction of sp³-hybridized carbons (Fsp3) is 0.263. The van der Waals surface area contributed by atoms with Crippen molar-refractivity contribution in [1.29, 1.82) is 0 Å². The Kier molecular flexibility index (Phi) is 5.14. The number of aryl methyl sites for hydroxylation is 1. The van der Waals surface area contributed by atoms with Gasteiger partial charge in [-0.1, -0.05) is 47.2 Å². The lowest BCUT2D eigenvalue weighted by molar-refractivity contribution is 0.0950. The van der Waals surface area contributed by atoms with Crippen LogP contribution in [0.1, 0.15) is 35.3 Å². The van der Waals surface area contributed by atoms with Crippen LogP contribution in [-0.4, -0.2) is 37.4 Å². The molecule has 4 rings (SSSR count). The maximum atomic E-state index is 12.8. The highest BCUT2D eigenvalue weighted by Crippen LogP contribution is 2.26. The Balaban J connectivity index is 1.65. The highest BCUT2D eigenvalue weighted by Gasteiger charge is 2.25. The first kappa shape index (κ1) is 18.5. The molecule has 10 heteroatoms. The van der Waals surface area contributed by atoms with Gasteiger partial charge in [-0.2, -0.15) is 9.78 Å². The van der Waals surface area contributed by atoms with Gasteiger partial charge in [0.05, 0.1) is 0 Å². The number of carbonyl (C=O) groups excluding carboxylic acids is 1. The van der Waals surface area contributed by atoms with Crippen molar-refractivity contribution in [2.75, 3.05) is 5.73 Å². The van der Waals surface area contributed by atoms with E-state index < -0.39 is 5.91 Å². The molecule has 0 spiro atoms. The molecule has 1 aliphatic rings. The molecule has 2 aromatic heterocycles. The predicted octanol–water partition coefficient (Wildman–Crippen LogP) is 2.28. The third kappa shape index (κ3) is 3.91. The lowest BCUT2D eigenvalue weighted by atomic mass is 9.96. The third-order valence-corrected chi connectivity index (χ3v) is 4.67. The number of nitrogens with one attached hydrogen (secondary N) is 1. The number of nitrogens with zero attached hydrogens (tertiary/aromatic N) is 6. The zero-order valence-electron chi connectivity index (χ0n) is 15.8. The first-order valence-electron chi connectivity index (χ1n) is 9.23. The fourth-order valence-corrected chi connectivity index (χ4v) is 3.10. The molecule has 29 heavy (non-hydrogen) atoms. The summed E-state index contributed by atoms with van der Waals surface area (Å²) in [5.41, 5.74) is 10.7. The van der Waals surface area contributed by atoms with Crippen LogP contribution in [0.3, 0.4) is 0 Å². The average molecular weight is 392 g/mol. The van der Waals surface area contributed by atoms with Gasteiger partial charge >= 0.3 is 0 Å². The number of anilines is 1. The second-order valence-electron chi connectivity index (χ2n) is 6.80. The summed E-state index contributed by atoms with van der Waals surface area (Å²) in [6, 6.07) is 7.58. The zero-order chi connectivity index (χ0) is 20.2. The molecule has 1 atom stereocenters. The lowest BCUT2D eigenvalue weighted by Gasteiger charge is -2.11. The maximum absolute atomic E-state index is 12.8. The maximum Gasteiger partial charge on any atom is 0.294 e. The summed E-state index contributed by atoms with van der Waals surface area (Å²) in [6.07, 6.45) is 8.99. The number of allylic oxidation sites excluding steroid dienone is 2. The minimum atomic E-state index is -0.482. The van der Waals surface area contributed by atoms with Crippen LogP contribution in [0.15, 0.2) is 46.1 Å². The van der Waals surface area contributed by atoms with Crippen molar-refractivity contribution in [2.24, 2.45) is 11.0 Å². The number of hydrogen-bond acceptors (Lipinski definition) is 8. The molecule has 1 aliphatic carbocycles. The van der Waals surface area contributed by atoms with Crippen LogP contribution in [-0.2, 0) is 0 Å². The monoisotopic (exact) mass is 392 g/mol. The van der Waals surface area contributed by atoms with Crippen molar-refractivity contribution < 1.29 is 9.42 Å². The minimum Gasteiger partial charge on any atom is -0.378 e. The van der Waals surface area contributed by atoms with Gasteiger partial charge in [0.1, 0.15) is 5.69 Å². The molecule has 0 radical (unpaired) electrons. The van der Waals surface area contributed by atoms with Crippen LogP contribution in [0.5, 0.6) is 0 Å². The summed E-state index contributed by atoms with van der Waals surface area (Å²) in [5.74, 6) is 0.0289. The van der Waals surface area contributed by atoms with Gasteiger partial charge < -0.3 is 5.73 Å². The normalized spacial score (nSPS) is 16.4. The Bertz CT molecular complexity index is 1060. The SMILES string of the molecule is Cc1ccc(-c2c(C(=O)N/N=C\[C@@H]3CC=CCC3)nnn2-c2nonc2N)cc1. The smallest absolute Gasteiger partial charge is 0.294 e. The molecular weight excluding hydrogens is 372 g/mol. The van der Waals surface area contributed by atoms with E-state index in [0.717, 1.165) is 30.4 Å². The van der Waals surface area contributed by atoms with E-state index in [1.807, 2.05) is 31.2 Å². The Labute approximate surface area is 166 Å². The van der Waals surface area contributed by atoms with Gasteiger partial charge in [0, 0.05) is 11.8 Å². The molecule has 0 unspecified atom stereocenters. The number of benzene rings is 1. The number of hydrazone groups is 1. The molecule has 0 saturated carbocycles. The number of aromatic nitrogens is 5. The van der Waals surface area contributed by atoms with Crippen molar-refractivity contribution in [3.63, 3.8) is 0 Å². The van der Waals surface area contributed by atoms with E-state index in [2.05, 4.69) is 47.9 Å². The summed E-state index contributed by atoms with van der Waals surface area (Å²) in [6.45, 7) is 1.97. The van der Waals surface area contributed by atoms with Crippen LogP contribution in [0, 0.1) is 12.8 Å². The van der Waals surface area contributed by atoms with Gasteiger partial charge in [-0.25, -0.2) is 10.1 Å². The van der Waals surface area contributed by atoms with E-state index in [1.54, 1.807) is 6.21 Å². The van der Waals surface area contributed by atoms with Crippen molar-refractivity contribution in [3.8, 4) is 17.1 Å². The van der Waals surface area contributed by atoms with E-state index in [0.29, 0.717) is 11.6 Å². The standard InChI is InChI=1S/C19H20N8O2/c1-12-7-9-14(10-8-12)16-15(22-26-27(16)18-17(20)24-29-25-18)19(28)23-21-11-13-5-3-2-4-6-13/h2-3,7-11,13H,4-6H2,1H3,(H2,20,24)(H,23,28)/b21-11-/t13-/m1/s1. The molecule has 2 heterocycles. The average Bonchev–Trinajstić information content (AvgIpc) is 3.35. The Morgan fingerprint density at radius 3 is 2.83 bits per heavy atom. The zero-order valence-corrected chi connectivity index (χ0v) is 15.8. The predicted molar refractivity (Wildman–Crippen MR) is 106 cm³/mol. The summed E-state index contributed by atoms with van der Waals surface area (Å²) >= 11 is 0. The van der Waals surface area contributed by atoms with Crippen LogP contribution >= 0.6 is 0 Å². The molecule has 0 saturated heterocycles. The molecule has 1 amide bonds. The van der Waals surface area contributed by atoms with Crippen LogP contribution < -0.4 is 11.2 Å². The largest absolute Gasteiger partial charge is 0.378 e. The van der Waals surface area contributed by atoms with Crippen LogP contribution in [0.2, 0.25) is 0 Å². The molecule has 0 bridgehead atoms. The first-order valence-corrected chi connectivity index (χ1v) is 9.23. The van der Waals surface area contributed by atoms with Crippen molar-refractivity contribution in [3.05, 3.63) is 47.7 Å². The molecule has 1 aromatic carbocycles. The Hall–Kier alpha value is -3.82.